The lowest BCUT2D eigenvalue weighted by atomic mass is 9.96. The normalized spacial score (nSPS) is 14.1. The predicted octanol–water partition coefficient (Wildman–Crippen LogP) is 3.04. The van der Waals surface area contributed by atoms with Crippen LogP contribution in [0.3, 0.4) is 0 Å². The summed E-state index contributed by atoms with van der Waals surface area (Å²) in [6, 6.07) is 5.40. The quantitative estimate of drug-likeness (QED) is 0.336. The van der Waals surface area contributed by atoms with Crippen molar-refractivity contribution in [3.8, 4) is 0 Å². The van der Waals surface area contributed by atoms with Crippen LogP contribution in [-0.4, -0.2) is 58.2 Å². The van der Waals surface area contributed by atoms with Crippen LogP contribution in [0, 0.1) is 0 Å². The molecule has 0 radical (unpaired) electrons. The van der Waals surface area contributed by atoms with Crippen molar-refractivity contribution in [3.05, 3.63) is 35.4 Å². The van der Waals surface area contributed by atoms with Gasteiger partial charge in [-0.2, -0.15) is 13.2 Å². The van der Waals surface area contributed by atoms with Gasteiger partial charge in [-0.1, -0.05) is 25.1 Å². The summed E-state index contributed by atoms with van der Waals surface area (Å²) in [7, 11) is 0.00320. The molecule has 0 saturated heterocycles. The third kappa shape index (κ3) is 8.61. The van der Waals surface area contributed by atoms with E-state index < -0.39 is 21.8 Å². The minimum atomic E-state index is -4.34. The second kappa shape index (κ2) is 11.4. The van der Waals surface area contributed by atoms with Gasteiger partial charge in [-0.3, -0.25) is 4.99 Å². The van der Waals surface area contributed by atoms with Gasteiger partial charge in [0.2, 0.25) is 10.0 Å². The SMILES string of the molecule is CCS(=O)(=O)N(C)CCCNC(=NC)NCCC(C)c1cccc(C(F)(F)F)c1. The maximum absolute atomic E-state index is 12.8. The summed E-state index contributed by atoms with van der Waals surface area (Å²) in [6.07, 6.45) is -3.08. The van der Waals surface area contributed by atoms with E-state index in [-0.39, 0.29) is 11.7 Å². The lowest BCUT2D eigenvalue weighted by Crippen LogP contribution is -2.39. The molecule has 1 aromatic rings. The number of hydrogen-bond donors (Lipinski definition) is 2. The van der Waals surface area contributed by atoms with Gasteiger partial charge >= 0.3 is 6.18 Å². The summed E-state index contributed by atoms with van der Waals surface area (Å²) in [5.41, 5.74) is 0.00656. The molecule has 1 atom stereocenters. The summed E-state index contributed by atoms with van der Waals surface area (Å²) in [6.45, 7) is 4.99. The van der Waals surface area contributed by atoms with Crippen molar-refractivity contribution < 1.29 is 21.6 Å². The molecule has 0 heterocycles. The fourth-order valence-corrected chi connectivity index (χ4v) is 3.53. The van der Waals surface area contributed by atoms with Gasteiger partial charge in [0.05, 0.1) is 11.3 Å². The molecular weight excluding hydrogens is 405 g/mol. The van der Waals surface area contributed by atoms with Crippen LogP contribution in [0.25, 0.3) is 0 Å². The van der Waals surface area contributed by atoms with Crippen molar-refractivity contribution in [1.29, 1.82) is 0 Å². The average molecular weight is 437 g/mol. The Labute approximate surface area is 171 Å². The molecule has 1 aromatic carbocycles. The second-order valence-corrected chi connectivity index (χ2v) is 9.18. The van der Waals surface area contributed by atoms with Crippen LogP contribution in [-0.2, 0) is 16.2 Å². The van der Waals surface area contributed by atoms with Gasteiger partial charge in [-0.25, -0.2) is 12.7 Å². The molecule has 0 spiro atoms. The first-order valence-corrected chi connectivity index (χ1v) is 11.2. The second-order valence-electron chi connectivity index (χ2n) is 6.81. The van der Waals surface area contributed by atoms with E-state index in [1.165, 1.54) is 16.4 Å². The summed E-state index contributed by atoms with van der Waals surface area (Å²) >= 11 is 0. The van der Waals surface area contributed by atoms with E-state index >= 15 is 0 Å². The fourth-order valence-electron chi connectivity index (χ4n) is 2.68. The van der Waals surface area contributed by atoms with Gasteiger partial charge in [-0.05, 0) is 37.3 Å². The van der Waals surface area contributed by atoms with E-state index in [1.807, 2.05) is 6.92 Å². The lowest BCUT2D eigenvalue weighted by Gasteiger charge is -2.18. The Bertz CT molecular complexity index is 767. The van der Waals surface area contributed by atoms with Crippen molar-refractivity contribution in [2.45, 2.75) is 38.8 Å². The Morgan fingerprint density at radius 1 is 1.24 bits per heavy atom. The lowest BCUT2D eigenvalue weighted by molar-refractivity contribution is -0.137. The number of benzene rings is 1. The molecule has 0 fully saturated rings. The molecule has 0 amide bonds. The predicted molar refractivity (Wildman–Crippen MR) is 111 cm³/mol. The molecule has 1 rings (SSSR count). The van der Waals surface area contributed by atoms with Crippen molar-refractivity contribution in [2.75, 3.05) is 39.5 Å². The van der Waals surface area contributed by atoms with E-state index in [0.717, 1.165) is 6.07 Å². The monoisotopic (exact) mass is 436 g/mol. The minimum absolute atomic E-state index is 0.0455. The molecule has 0 aromatic heterocycles. The van der Waals surface area contributed by atoms with E-state index in [9.17, 15) is 21.6 Å². The molecule has 166 valence electrons. The summed E-state index contributed by atoms with van der Waals surface area (Å²) in [5.74, 6) is 0.600. The maximum atomic E-state index is 12.8. The highest BCUT2D eigenvalue weighted by Crippen LogP contribution is 2.31. The number of hydrogen-bond acceptors (Lipinski definition) is 3. The molecular formula is C19H31F3N4O2S. The maximum Gasteiger partial charge on any atom is 0.416 e. The molecule has 0 aliphatic carbocycles. The van der Waals surface area contributed by atoms with Crippen molar-refractivity contribution in [3.63, 3.8) is 0 Å². The number of aliphatic imine (C=N–C) groups is 1. The summed E-state index contributed by atoms with van der Waals surface area (Å²) in [4.78, 5) is 4.10. The third-order valence-electron chi connectivity index (χ3n) is 4.66. The number of guanidine groups is 1. The van der Waals surface area contributed by atoms with Crippen molar-refractivity contribution in [2.24, 2.45) is 4.99 Å². The van der Waals surface area contributed by atoms with Gasteiger partial charge in [0.25, 0.3) is 0 Å². The van der Waals surface area contributed by atoms with Crippen molar-refractivity contribution >= 4 is 16.0 Å². The van der Waals surface area contributed by atoms with Crippen LogP contribution >= 0.6 is 0 Å². The zero-order chi connectivity index (χ0) is 22.1. The van der Waals surface area contributed by atoms with E-state index in [1.54, 1.807) is 27.1 Å². The van der Waals surface area contributed by atoms with Crippen molar-refractivity contribution in [1.82, 2.24) is 14.9 Å². The molecule has 0 saturated carbocycles. The smallest absolute Gasteiger partial charge is 0.356 e. The number of halogens is 3. The van der Waals surface area contributed by atoms with Gasteiger partial charge in [-0.15, -0.1) is 0 Å². The number of nitrogens with one attached hydrogen (secondary N) is 2. The zero-order valence-corrected chi connectivity index (χ0v) is 18.2. The standard InChI is InChI=1S/C19H31F3N4O2S/c1-5-29(27,28)26(4)13-7-11-24-18(23-3)25-12-10-15(2)16-8-6-9-17(14-16)19(20,21)22/h6,8-9,14-15H,5,7,10-13H2,1-4H3,(H2,23,24,25). The van der Waals surface area contributed by atoms with Crippen LogP contribution < -0.4 is 10.6 Å². The van der Waals surface area contributed by atoms with Gasteiger partial charge in [0.1, 0.15) is 0 Å². The first-order valence-electron chi connectivity index (χ1n) is 9.57. The Morgan fingerprint density at radius 2 is 1.90 bits per heavy atom. The van der Waals surface area contributed by atoms with Crippen LogP contribution in [0.4, 0.5) is 13.2 Å². The number of rotatable bonds is 10. The molecule has 0 aliphatic heterocycles. The Morgan fingerprint density at radius 3 is 2.48 bits per heavy atom. The largest absolute Gasteiger partial charge is 0.416 e. The third-order valence-corrected chi connectivity index (χ3v) is 6.52. The number of alkyl halides is 3. The van der Waals surface area contributed by atoms with Gasteiger partial charge < -0.3 is 10.6 Å². The molecule has 29 heavy (non-hydrogen) atoms. The highest BCUT2D eigenvalue weighted by atomic mass is 32.2. The molecule has 0 aliphatic rings. The van der Waals surface area contributed by atoms with Crippen LogP contribution in [0.2, 0.25) is 0 Å². The number of nitrogens with zero attached hydrogens (tertiary/aromatic N) is 2. The summed E-state index contributed by atoms with van der Waals surface area (Å²) < 4.78 is 63.2. The molecule has 10 heteroatoms. The highest BCUT2D eigenvalue weighted by Gasteiger charge is 2.30. The van der Waals surface area contributed by atoms with E-state index in [0.29, 0.717) is 44.0 Å². The Balaban J connectivity index is 2.40. The van der Waals surface area contributed by atoms with E-state index in [4.69, 9.17) is 0 Å². The first kappa shape index (κ1) is 25.2. The van der Waals surface area contributed by atoms with Gasteiger partial charge in [0, 0.05) is 33.7 Å². The molecule has 6 nitrogen and oxygen atoms in total. The average Bonchev–Trinajstić information content (AvgIpc) is 2.68. The molecule has 1 unspecified atom stereocenters. The van der Waals surface area contributed by atoms with Crippen LogP contribution in [0.5, 0.6) is 0 Å². The van der Waals surface area contributed by atoms with Crippen LogP contribution in [0.15, 0.2) is 29.3 Å². The minimum Gasteiger partial charge on any atom is -0.356 e. The number of sulfonamides is 1. The van der Waals surface area contributed by atoms with Gasteiger partial charge in [0.15, 0.2) is 5.96 Å². The van der Waals surface area contributed by atoms with E-state index in [2.05, 4.69) is 15.6 Å². The summed E-state index contributed by atoms with van der Waals surface area (Å²) in [5, 5.41) is 6.23. The Kier molecular flexibility index (Phi) is 9.91. The fraction of sp³-hybridized carbons (Fsp3) is 0.632. The topological polar surface area (TPSA) is 73.8 Å². The first-order chi connectivity index (χ1) is 13.5. The highest BCUT2D eigenvalue weighted by molar-refractivity contribution is 7.89. The van der Waals surface area contributed by atoms with Crippen LogP contribution in [0.1, 0.15) is 43.7 Å². The zero-order valence-electron chi connectivity index (χ0n) is 17.4. The molecule has 0 bridgehead atoms. The Hall–Kier alpha value is -1.81. The molecule has 2 N–H and O–H groups in total.